The third-order valence-corrected chi connectivity index (χ3v) is 6.68. The molecule has 11 heteroatoms. The van der Waals surface area contributed by atoms with Crippen LogP contribution in [0.5, 0.6) is 5.75 Å². The van der Waals surface area contributed by atoms with Gasteiger partial charge in [-0.15, -0.1) is 0 Å². The van der Waals surface area contributed by atoms with Gasteiger partial charge in [0.2, 0.25) is 5.91 Å². The first-order valence-electron chi connectivity index (χ1n) is 13.8. The van der Waals surface area contributed by atoms with Crippen molar-refractivity contribution < 1.29 is 43.2 Å². The molecule has 1 amide bonds. The van der Waals surface area contributed by atoms with Crippen LogP contribution in [0.2, 0.25) is 0 Å². The summed E-state index contributed by atoms with van der Waals surface area (Å²) >= 11 is 0. The molecular formula is C30H41FN2O8. The maximum Gasteiger partial charge on any atom is 0.414 e. The summed E-state index contributed by atoms with van der Waals surface area (Å²) in [5.74, 6) is -3.46. The number of halogens is 1. The van der Waals surface area contributed by atoms with Crippen molar-refractivity contribution >= 4 is 17.8 Å². The number of amides is 1. The van der Waals surface area contributed by atoms with Crippen molar-refractivity contribution in [1.29, 1.82) is 0 Å². The van der Waals surface area contributed by atoms with Crippen molar-refractivity contribution in [2.45, 2.75) is 57.8 Å². The van der Waals surface area contributed by atoms with E-state index in [1.165, 1.54) is 17.7 Å². The quantitative estimate of drug-likeness (QED) is 0.317. The predicted octanol–water partition coefficient (Wildman–Crippen LogP) is 3.82. The number of aliphatic carboxylic acids is 2. The van der Waals surface area contributed by atoms with Crippen LogP contribution in [0.3, 0.4) is 0 Å². The highest BCUT2D eigenvalue weighted by molar-refractivity contribution is 6.27. The van der Waals surface area contributed by atoms with Crippen molar-refractivity contribution in [3.63, 3.8) is 0 Å². The maximum atomic E-state index is 12.9. The Hall–Kier alpha value is -3.54. The summed E-state index contributed by atoms with van der Waals surface area (Å²) in [6, 6.07) is 14.7. The molecule has 2 heterocycles. The zero-order valence-electron chi connectivity index (χ0n) is 23.9. The normalized spacial score (nSPS) is 16.0. The van der Waals surface area contributed by atoms with Gasteiger partial charge in [0.15, 0.2) is 5.79 Å². The number of carboxylic acid groups (broad SMARTS) is 2. The molecule has 0 unspecified atom stereocenters. The van der Waals surface area contributed by atoms with E-state index in [9.17, 15) is 9.18 Å². The second-order valence-electron chi connectivity index (χ2n) is 9.59. The van der Waals surface area contributed by atoms with Crippen LogP contribution in [0.1, 0.15) is 50.7 Å². The lowest BCUT2D eigenvalue weighted by molar-refractivity contribution is -0.171. The highest BCUT2D eigenvalue weighted by atomic mass is 19.1. The molecule has 0 aliphatic carbocycles. The van der Waals surface area contributed by atoms with Gasteiger partial charge in [-0.1, -0.05) is 31.2 Å². The number of carbonyl (C=O) groups is 3. The summed E-state index contributed by atoms with van der Waals surface area (Å²) in [5, 5.41) is 17.9. The molecule has 0 atom stereocenters. The summed E-state index contributed by atoms with van der Waals surface area (Å²) in [6.07, 6.45) is 4.88. The Kier molecular flexibility index (Phi) is 14.2. The lowest BCUT2D eigenvalue weighted by Gasteiger charge is -2.31. The zero-order valence-corrected chi connectivity index (χ0v) is 23.9. The van der Waals surface area contributed by atoms with Gasteiger partial charge in [0, 0.05) is 44.8 Å². The SMILES string of the molecule is CCc1ccc(OC2CCN(C(C)=O)CC2)cc1.CNCCCC1(c2ccc(F)cc2)OCCO1.O=C(O)C(=O)O. The van der Waals surface area contributed by atoms with E-state index in [0.717, 1.165) is 63.1 Å². The van der Waals surface area contributed by atoms with E-state index < -0.39 is 17.7 Å². The lowest BCUT2D eigenvalue weighted by Crippen LogP contribution is -2.40. The number of piperidine rings is 1. The molecule has 41 heavy (non-hydrogen) atoms. The van der Waals surface area contributed by atoms with Gasteiger partial charge in [0.25, 0.3) is 0 Å². The molecule has 0 bridgehead atoms. The molecule has 0 aromatic heterocycles. The van der Waals surface area contributed by atoms with E-state index in [-0.39, 0.29) is 17.8 Å². The van der Waals surface area contributed by atoms with Gasteiger partial charge < -0.3 is 34.6 Å². The molecule has 2 aromatic carbocycles. The van der Waals surface area contributed by atoms with Crippen LogP contribution in [-0.4, -0.2) is 79.0 Å². The second kappa shape index (κ2) is 17.3. The van der Waals surface area contributed by atoms with Gasteiger partial charge in [-0.25, -0.2) is 14.0 Å². The molecule has 2 fully saturated rings. The van der Waals surface area contributed by atoms with Crippen LogP contribution in [0.4, 0.5) is 4.39 Å². The Morgan fingerprint density at radius 1 is 1.00 bits per heavy atom. The van der Waals surface area contributed by atoms with Gasteiger partial charge in [-0.05, 0) is 56.3 Å². The van der Waals surface area contributed by atoms with Crippen molar-refractivity contribution in [3.8, 4) is 5.75 Å². The fraction of sp³-hybridized carbons (Fsp3) is 0.500. The van der Waals surface area contributed by atoms with E-state index in [0.29, 0.717) is 13.2 Å². The Morgan fingerprint density at radius 3 is 2.02 bits per heavy atom. The number of rotatable bonds is 8. The summed E-state index contributed by atoms with van der Waals surface area (Å²) in [6.45, 7) is 7.50. The van der Waals surface area contributed by atoms with Crippen LogP contribution >= 0.6 is 0 Å². The molecule has 0 spiro atoms. The molecule has 226 valence electrons. The van der Waals surface area contributed by atoms with Crippen molar-refractivity contribution in [1.82, 2.24) is 10.2 Å². The van der Waals surface area contributed by atoms with Crippen molar-refractivity contribution in [2.75, 3.05) is 39.9 Å². The molecule has 2 aliphatic rings. The van der Waals surface area contributed by atoms with Gasteiger partial charge in [0.1, 0.15) is 17.7 Å². The minimum absolute atomic E-state index is 0.167. The third-order valence-electron chi connectivity index (χ3n) is 6.68. The van der Waals surface area contributed by atoms with E-state index in [1.54, 1.807) is 19.1 Å². The number of hydrogen-bond acceptors (Lipinski definition) is 7. The Balaban J connectivity index is 0.000000241. The third kappa shape index (κ3) is 11.5. The lowest BCUT2D eigenvalue weighted by atomic mass is 10.0. The zero-order chi connectivity index (χ0) is 30.3. The number of nitrogens with zero attached hydrogens (tertiary/aromatic N) is 1. The van der Waals surface area contributed by atoms with Crippen LogP contribution in [0, 0.1) is 5.82 Å². The molecular weight excluding hydrogens is 535 g/mol. The Bertz CT molecular complexity index is 1070. The van der Waals surface area contributed by atoms with Crippen LogP contribution in [0.25, 0.3) is 0 Å². The van der Waals surface area contributed by atoms with E-state index in [1.807, 2.05) is 24.1 Å². The minimum atomic E-state index is -1.82. The predicted molar refractivity (Wildman–Crippen MR) is 150 cm³/mol. The number of ether oxygens (including phenoxy) is 3. The van der Waals surface area contributed by atoms with E-state index in [4.69, 9.17) is 34.0 Å². The first-order valence-corrected chi connectivity index (χ1v) is 13.8. The molecule has 2 saturated heterocycles. The van der Waals surface area contributed by atoms with Gasteiger partial charge in [0.05, 0.1) is 13.2 Å². The topological polar surface area (TPSA) is 135 Å². The fourth-order valence-electron chi connectivity index (χ4n) is 4.40. The molecule has 2 aromatic rings. The standard InChI is InChI=1S/C15H21NO2.C13H18FNO2.C2H2O4/c1-3-13-4-6-14(7-5-13)18-15-8-10-16(11-9-15)12(2)17;1-15-8-2-7-13(16-9-10-17-13)11-3-5-12(14)6-4-11;3-1(4)2(5)6/h4-7,15H,3,8-11H2,1-2H3;3-6,15H,2,7-10H2,1H3;(H,3,4)(H,5,6). The number of hydrogen-bond donors (Lipinski definition) is 3. The van der Waals surface area contributed by atoms with Crippen molar-refractivity contribution in [2.24, 2.45) is 0 Å². The number of carbonyl (C=O) groups excluding carboxylic acids is 1. The van der Waals surface area contributed by atoms with Gasteiger partial charge >= 0.3 is 11.9 Å². The summed E-state index contributed by atoms with van der Waals surface area (Å²) in [4.78, 5) is 31.3. The summed E-state index contributed by atoms with van der Waals surface area (Å²) in [5.41, 5.74) is 2.22. The minimum Gasteiger partial charge on any atom is -0.490 e. The first kappa shape index (κ1) is 33.7. The number of benzene rings is 2. The first-order chi connectivity index (χ1) is 19.6. The monoisotopic (exact) mass is 576 g/mol. The highest BCUT2D eigenvalue weighted by Crippen LogP contribution is 2.35. The van der Waals surface area contributed by atoms with Crippen LogP contribution < -0.4 is 10.1 Å². The number of likely N-dealkylation sites (tertiary alicyclic amines) is 1. The number of nitrogens with one attached hydrogen (secondary N) is 1. The average Bonchev–Trinajstić information content (AvgIpc) is 3.45. The largest absolute Gasteiger partial charge is 0.490 e. The highest BCUT2D eigenvalue weighted by Gasteiger charge is 2.37. The van der Waals surface area contributed by atoms with E-state index in [2.05, 4.69) is 24.4 Å². The van der Waals surface area contributed by atoms with Gasteiger partial charge in [-0.3, -0.25) is 4.79 Å². The Labute approximate surface area is 240 Å². The van der Waals surface area contributed by atoms with Crippen LogP contribution in [-0.2, 0) is 36.1 Å². The van der Waals surface area contributed by atoms with Crippen molar-refractivity contribution in [3.05, 3.63) is 65.5 Å². The molecule has 4 rings (SSSR count). The second-order valence-corrected chi connectivity index (χ2v) is 9.59. The van der Waals surface area contributed by atoms with Crippen LogP contribution in [0.15, 0.2) is 48.5 Å². The smallest absolute Gasteiger partial charge is 0.414 e. The average molecular weight is 577 g/mol. The molecule has 3 N–H and O–H groups in total. The number of aryl methyl sites for hydroxylation is 1. The fourth-order valence-corrected chi connectivity index (χ4v) is 4.40. The summed E-state index contributed by atoms with van der Waals surface area (Å²) < 4.78 is 30.3. The van der Waals surface area contributed by atoms with Gasteiger partial charge in [-0.2, -0.15) is 0 Å². The summed E-state index contributed by atoms with van der Waals surface area (Å²) in [7, 11) is 1.92. The molecule has 10 nitrogen and oxygen atoms in total. The number of carboxylic acids is 2. The maximum absolute atomic E-state index is 12.9. The molecule has 0 saturated carbocycles. The molecule has 0 radical (unpaired) electrons. The molecule has 2 aliphatic heterocycles. The Morgan fingerprint density at radius 2 is 1.56 bits per heavy atom. The van der Waals surface area contributed by atoms with E-state index >= 15 is 0 Å².